The Bertz CT molecular complexity index is 352. The van der Waals surface area contributed by atoms with Gasteiger partial charge in [0.25, 0.3) is 0 Å². The van der Waals surface area contributed by atoms with Gasteiger partial charge < -0.3 is 10.2 Å². The van der Waals surface area contributed by atoms with E-state index in [4.69, 9.17) is 5.11 Å². The maximum atomic E-state index is 10.7. The Morgan fingerprint density at radius 1 is 1.38 bits per heavy atom. The van der Waals surface area contributed by atoms with E-state index in [-0.39, 0.29) is 6.42 Å². The summed E-state index contributed by atoms with van der Waals surface area (Å²) in [7, 11) is 0. The minimum Gasteiger partial charge on any atom is -0.481 e. The molecule has 4 nitrogen and oxygen atoms in total. The number of nitrogens with one attached hydrogen (secondary N) is 1. The van der Waals surface area contributed by atoms with Gasteiger partial charge in [-0.15, -0.1) is 0 Å². The molecule has 1 aromatic rings. The average molecular weight is 223 g/mol. The molecular formula is C12H17NO3. The first-order chi connectivity index (χ1) is 7.63. The molecule has 0 aromatic heterocycles. The van der Waals surface area contributed by atoms with Gasteiger partial charge in [-0.1, -0.05) is 31.2 Å². The number of carbonyl (C=O) groups is 1. The molecule has 16 heavy (non-hydrogen) atoms. The number of rotatable bonds is 6. The summed E-state index contributed by atoms with van der Waals surface area (Å²) >= 11 is 0. The van der Waals surface area contributed by atoms with Crippen molar-refractivity contribution >= 4 is 5.97 Å². The highest BCUT2D eigenvalue weighted by atomic mass is 16.4. The van der Waals surface area contributed by atoms with E-state index in [1.54, 1.807) is 12.1 Å². The van der Waals surface area contributed by atoms with E-state index in [1.165, 1.54) is 0 Å². The molecule has 4 heteroatoms. The molecule has 0 fully saturated rings. The van der Waals surface area contributed by atoms with E-state index in [2.05, 4.69) is 5.32 Å². The van der Waals surface area contributed by atoms with Gasteiger partial charge in [0, 0.05) is 6.42 Å². The summed E-state index contributed by atoms with van der Waals surface area (Å²) in [5.74, 6) is -0.856. The van der Waals surface area contributed by atoms with Crippen LogP contribution in [0.15, 0.2) is 24.3 Å². The van der Waals surface area contributed by atoms with Crippen molar-refractivity contribution in [1.29, 1.82) is 0 Å². The fourth-order valence-electron chi connectivity index (χ4n) is 1.61. The van der Waals surface area contributed by atoms with Crippen molar-refractivity contribution in [3.8, 4) is 0 Å². The number of hydrogen-bond acceptors (Lipinski definition) is 3. The van der Waals surface area contributed by atoms with Crippen molar-refractivity contribution in [1.82, 2.24) is 5.32 Å². The zero-order valence-corrected chi connectivity index (χ0v) is 9.31. The number of likely N-dealkylation sites (N-methyl/N-ethyl adjacent to an activating group) is 1. The summed E-state index contributed by atoms with van der Waals surface area (Å²) in [6.07, 6.45) is -0.202. The summed E-state index contributed by atoms with van der Waals surface area (Å²) in [5, 5.41) is 21.2. The fraction of sp³-hybridized carbons (Fsp3) is 0.417. The molecule has 1 unspecified atom stereocenters. The maximum absolute atomic E-state index is 10.7. The van der Waals surface area contributed by atoms with Crippen LogP contribution in [0.25, 0.3) is 0 Å². The monoisotopic (exact) mass is 223 g/mol. The van der Waals surface area contributed by atoms with Gasteiger partial charge in [0.15, 0.2) is 0 Å². The zero-order valence-electron chi connectivity index (χ0n) is 9.31. The Balaban J connectivity index is 2.74. The van der Waals surface area contributed by atoms with Crippen molar-refractivity contribution in [2.75, 3.05) is 6.54 Å². The second-order valence-electron chi connectivity index (χ2n) is 3.62. The van der Waals surface area contributed by atoms with E-state index in [1.807, 2.05) is 19.1 Å². The van der Waals surface area contributed by atoms with E-state index in [0.717, 1.165) is 11.1 Å². The maximum Gasteiger partial charge on any atom is 0.307 e. The SMILES string of the molecule is CCNC(O)Cc1ccccc1CC(=O)O. The fourth-order valence-corrected chi connectivity index (χ4v) is 1.61. The van der Waals surface area contributed by atoms with Gasteiger partial charge in [0.2, 0.25) is 0 Å². The highest BCUT2D eigenvalue weighted by Crippen LogP contribution is 2.11. The van der Waals surface area contributed by atoms with Crippen molar-refractivity contribution < 1.29 is 15.0 Å². The topological polar surface area (TPSA) is 69.6 Å². The number of benzene rings is 1. The van der Waals surface area contributed by atoms with Gasteiger partial charge in [-0.25, -0.2) is 0 Å². The molecular weight excluding hydrogens is 206 g/mol. The third kappa shape index (κ3) is 4.00. The van der Waals surface area contributed by atoms with Gasteiger partial charge in [-0.05, 0) is 17.7 Å². The molecule has 1 atom stereocenters. The highest BCUT2D eigenvalue weighted by molar-refractivity contribution is 5.70. The Morgan fingerprint density at radius 3 is 2.56 bits per heavy atom. The second-order valence-corrected chi connectivity index (χ2v) is 3.62. The number of carboxylic acids is 1. The quantitative estimate of drug-likeness (QED) is 0.623. The molecule has 0 heterocycles. The molecule has 0 aliphatic heterocycles. The highest BCUT2D eigenvalue weighted by Gasteiger charge is 2.09. The van der Waals surface area contributed by atoms with Crippen LogP contribution in [0, 0.1) is 0 Å². The lowest BCUT2D eigenvalue weighted by atomic mass is 10.0. The van der Waals surface area contributed by atoms with Crippen molar-refractivity contribution in [2.45, 2.75) is 26.0 Å². The van der Waals surface area contributed by atoms with Gasteiger partial charge in [-0.2, -0.15) is 0 Å². The van der Waals surface area contributed by atoms with Crippen LogP contribution in [-0.4, -0.2) is 29.0 Å². The van der Waals surface area contributed by atoms with Crippen LogP contribution < -0.4 is 5.32 Å². The van der Waals surface area contributed by atoms with Crippen LogP contribution in [0.4, 0.5) is 0 Å². The first-order valence-electron chi connectivity index (χ1n) is 5.33. The lowest BCUT2D eigenvalue weighted by molar-refractivity contribution is -0.136. The van der Waals surface area contributed by atoms with Crippen molar-refractivity contribution in [3.63, 3.8) is 0 Å². The number of aliphatic carboxylic acids is 1. The van der Waals surface area contributed by atoms with Crippen LogP contribution in [0.1, 0.15) is 18.1 Å². The van der Waals surface area contributed by atoms with Crippen LogP contribution in [0.2, 0.25) is 0 Å². The number of hydrogen-bond donors (Lipinski definition) is 3. The molecule has 0 radical (unpaired) electrons. The summed E-state index contributed by atoms with van der Waals surface area (Å²) < 4.78 is 0. The first-order valence-corrected chi connectivity index (χ1v) is 5.33. The van der Waals surface area contributed by atoms with Gasteiger partial charge in [0.05, 0.1) is 6.42 Å². The molecule has 3 N–H and O–H groups in total. The smallest absolute Gasteiger partial charge is 0.307 e. The van der Waals surface area contributed by atoms with Gasteiger partial charge in [0.1, 0.15) is 6.23 Å². The second kappa shape index (κ2) is 6.25. The van der Waals surface area contributed by atoms with Crippen LogP contribution in [-0.2, 0) is 17.6 Å². The molecule has 0 spiro atoms. The van der Waals surface area contributed by atoms with E-state index < -0.39 is 12.2 Å². The van der Waals surface area contributed by atoms with Gasteiger partial charge >= 0.3 is 5.97 Å². The minimum absolute atomic E-state index is 0.00494. The normalized spacial score (nSPS) is 12.4. The summed E-state index contributed by atoms with van der Waals surface area (Å²) in [4.78, 5) is 10.7. The van der Waals surface area contributed by atoms with E-state index in [9.17, 15) is 9.90 Å². The lowest BCUT2D eigenvalue weighted by Crippen LogP contribution is -2.30. The predicted molar refractivity (Wildman–Crippen MR) is 61.2 cm³/mol. The molecule has 0 aliphatic carbocycles. The number of aliphatic hydroxyl groups is 1. The van der Waals surface area contributed by atoms with E-state index in [0.29, 0.717) is 13.0 Å². The third-order valence-electron chi connectivity index (χ3n) is 2.31. The standard InChI is InChI=1S/C12H17NO3/c1-2-13-11(14)7-9-5-3-4-6-10(9)8-12(15)16/h3-6,11,13-14H,2,7-8H2,1H3,(H,15,16). The third-order valence-corrected chi connectivity index (χ3v) is 2.31. The molecule has 0 saturated carbocycles. The molecule has 0 saturated heterocycles. The predicted octanol–water partition coefficient (Wildman–Crippen LogP) is 0.784. The van der Waals surface area contributed by atoms with Crippen LogP contribution in [0.3, 0.4) is 0 Å². The molecule has 0 bridgehead atoms. The Morgan fingerprint density at radius 2 is 2.00 bits per heavy atom. The molecule has 0 amide bonds. The van der Waals surface area contributed by atoms with Crippen molar-refractivity contribution in [3.05, 3.63) is 35.4 Å². The Kier molecular flexibility index (Phi) is 4.95. The number of carboxylic acid groups (broad SMARTS) is 1. The summed E-state index contributed by atoms with van der Waals surface area (Å²) in [6.45, 7) is 2.59. The molecule has 1 rings (SSSR count). The molecule has 1 aromatic carbocycles. The Labute approximate surface area is 94.9 Å². The minimum atomic E-state index is -0.856. The van der Waals surface area contributed by atoms with E-state index >= 15 is 0 Å². The van der Waals surface area contributed by atoms with Crippen LogP contribution in [0.5, 0.6) is 0 Å². The first kappa shape index (κ1) is 12.7. The largest absolute Gasteiger partial charge is 0.481 e. The van der Waals surface area contributed by atoms with Crippen molar-refractivity contribution in [2.24, 2.45) is 0 Å². The summed E-state index contributed by atoms with van der Waals surface area (Å²) in [5.41, 5.74) is 1.63. The average Bonchev–Trinajstić information content (AvgIpc) is 2.20. The molecule has 0 aliphatic rings. The number of aliphatic hydroxyl groups excluding tert-OH is 1. The summed E-state index contributed by atoms with van der Waals surface area (Å²) in [6, 6.07) is 7.28. The molecule has 88 valence electrons. The zero-order chi connectivity index (χ0) is 12.0. The van der Waals surface area contributed by atoms with Gasteiger partial charge in [-0.3, -0.25) is 10.1 Å². The Hall–Kier alpha value is -1.39. The van der Waals surface area contributed by atoms with Crippen LogP contribution >= 0.6 is 0 Å². The lowest BCUT2D eigenvalue weighted by Gasteiger charge is -2.13.